The van der Waals surface area contributed by atoms with Crippen molar-refractivity contribution in [2.24, 2.45) is 0 Å². The van der Waals surface area contributed by atoms with Crippen molar-refractivity contribution >= 4 is 11.6 Å². The Bertz CT molecular complexity index is 384. The molecule has 94 valence electrons. The molecule has 1 heterocycles. The van der Waals surface area contributed by atoms with E-state index in [-0.39, 0.29) is 11.9 Å². The molecule has 0 spiro atoms. The Labute approximate surface area is 107 Å². The van der Waals surface area contributed by atoms with Gasteiger partial charge in [-0.25, -0.2) is 0 Å². The summed E-state index contributed by atoms with van der Waals surface area (Å²) in [5.41, 5.74) is 1.13. The molecule has 17 heavy (non-hydrogen) atoms. The largest absolute Gasteiger partial charge is 0.506 e. The van der Waals surface area contributed by atoms with E-state index in [1.54, 1.807) is 6.07 Å². The van der Waals surface area contributed by atoms with Gasteiger partial charge in [-0.15, -0.1) is 0 Å². The van der Waals surface area contributed by atoms with Gasteiger partial charge in [0, 0.05) is 26.2 Å². The van der Waals surface area contributed by atoms with Crippen LogP contribution in [0.25, 0.3) is 0 Å². The third-order valence-corrected chi connectivity index (χ3v) is 3.26. The standard InChI is InChI=1S/C13H18ClNO2/c1-10-8-15(5-2-6-17-10)9-11-3-4-13(16)12(14)7-11/h3-4,7,10,16H,2,5-6,8-9H2,1H3. The van der Waals surface area contributed by atoms with E-state index in [0.29, 0.717) is 5.02 Å². The number of rotatable bonds is 2. The predicted molar refractivity (Wildman–Crippen MR) is 68.4 cm³/mol. The van der Waals surface area contributed by atoms with Crippen LogP contribution in [-0.2, 0) is 11.3 Å². The number of halogens is 1. The number of benzene rings is 1. The first-order chi connectivity index (χ1) is 8.15. The summed E-state index contributed by atoms with van der Waals surface area (Å²) in [6.07, 6.45) is 1.35. The van der Waals surface area contributed by atoms with E-state index in [4.69, 9.17) is 16.3 Å². The van der Waals surface area contributed by atoms with E-state index in [2.05, 4.69) is 11.8 Å². The van der Waals surface area contributed by atoms with Gasteiger partial charge in [0.1, 0.15) is 5.75 Å². The Morgan fingerprint density at radius 3 is 3.12 bits per heavy atom. The van der Waals surface area contributed by atoms with Crippen molar-refractivity contribution in [2.75, 3.05) is 19.7 Å². The zero-order chi connectivity index (χ0) is 12.3. The maximum absolute atomic E-state index is 9.37. The third-order valence-electron chi connectivity index (χ3n) is 2.95. The Balaban J connectivity index is 2.01. The van der Waals surface area contributed by atoms with Crippen LogP contribution in [0.3, 0.4) is 0 Å². The van der Waals surface area contributed by atoms with Crippen LogP contribution in [0, 0.1) is 0 Å². The highest BCUT2D eigenvalue weighted by Gasteiger charge is 2.15. The highest BCUT2D eigenvalue weighted by molar-refractivity contribution is 6.32. The van der Waals surface area contributed by atoms with Gasteiger partial charge in [0.25, 0.3) is 0 Å². The second-order valence-corrected chi connectivity index (χ2v) is 4.96. The monoisotopic (exact) mass is 255 g/mol. The molecule has 0 aliphatic carbocycles. The Morgan fingerprint density at radius 2 is 2.35 bits per heavy atom. The Morgan fingerprint density at radius 1 is 1.53 bits per heavy atom. The number of ether oxygens (including phenoxy) is 1. The molecule has 1 aliphatic rings. The summed E-state index contributed by atoms with van der Waals surface area (Å²) < 4.78 is 5.61. The highest BCUT2D eigenvalue weighted by Crippen LogP contribution is 2.24. The molecule has 1 saturated heterocycles. The lowest BCUT2D eigenvalue weighted by Gasteiger charge is -2.21. The molecular formula is C13H18ClNO2. The molecule has 2 rings (SSSR count). The Kier molecular flexibility index (Phi) is 4.26. The lowest BCUT2D eigenvalue weighted by atomic mass is 10.2. The SMILES string of the molecule is CC1CN(Cc2ccc(O)c(Cl)c2)CCCO1. The average molecular weight is 256 g/mol. The van der Waals surface area contributed by atoms with E-state index in [1.807, 2.05) is 12.1 Å². The molecule has 1 aromatic carbocycles. The minimum atomic E-state index is 0.142. The smallest absolute Gasteiger partial charge is 0.134 e. The zero-order valence-electron chi connectivity index (χ0n) is 10.0. The number of hydrogen-bond donors (Lipinski definition) is 1. The quantitative estimate of drug-likeness (QED) is 0.882. The summed E-state index contributed by atoms with van der Waals surface area (Å²) in [5.74, 6) is 0.142. The predicted octanol–water partition coefficient (Wildman–Crippen LogP) is 2.66. The second-order valence-electron chi connectivity index (χ2n) is 4.56. The number of phenols is 1. The first-order valence-corrected chi connectivity index (χ1v) is 6.34. The summed E-state index contributed by atoms with van der Waals surface area (Å²) in [4.78, 5) is 2.36. The van der Waals surface area contributed by atoms with Gasteiger partial charge in [-0.05, 0) is 31.0 Å². The fraction of sp³-hybridized carbons (Fsp3) is 0.538. The van der Waals surface area contributed by atoms with E-state index >= 15 is 0 Å². The number of aromatic hydroxyl groups is 1. The van der Waals surface area contributed by atoms with E-state index < -0.39 is 0 Å². The van der Waals surface area contributed by atoms with Crippen molar-refractivity contribution < 1.29 is 9.84 Å². The average Bonchev–Trinajstić information content (AvgIpc) is 2.48. The van der Waals surface area contributed by atoms with Crippen LogP contribution in [0.15, 0.2) is 18.2 Å². The van der Waals surface area contributed by atoms with Crippen LogP contribution >= 0.6 is 11.6 Å². The van der Waals surface area contributed by atoms with Crippen LogP contribution in [0.2, 0.25) is 5.02 Å². The van der Waals surface area contributed by atoms with E-state index in [0.717, 1.165) is 38.2 Å². The van der Waals surface area contributed by atoms with Crippen LogP contribution < -0.4 is 0 Å². The van der Waals surface area contributed by atoms with Gasteiger partial charge in [-0.2, -0.15) is 0 Å². The molecule has 0 amide bonds. The minimum Gasteiger partial charge on any atom is -0.506 e. The van der Waals surface area contributed by atoms with Gasteiger partial charge < -0.3 is 9.84 Å². The lowest BCUT2D eigenvalue weighted by Crippen LogP contribution is -2.29. The van der Waals surface area contributed by atoms with Crippen molar-refractivity contribution in [3.63, 3.8) is 0 Å². The fourth-order valence-electron chi connectivity index (χ4n) is 2.13. The van der Waals surface area contributed by atoms with Crippen LogP contribution in [0.4, 0.5) is 0 Å². The van der Waals surface area contributed by atoms with Gasteiger partial charge in [0.15, 0.2) is 0 Å². The minimum absolute atomic E-state index is 0.142. The molecule has 1 unspecified atom stereocenters. The Hall–Kier alpha value is -0.770. The first kappa shape index (κ1) is 12.7. The normalized spacial score (nSPS) is 22.4. The molecule has 0 aromatic heterocycles. The van der Waals surface area contributed by atoms with Crippen LogP contribution in [0.1, 0.15) is 18.9 Å². The first-order valence-electron chi connectivity index (χ1n) is 5.96. The van der Waals surface area contributed by atoms with Gasteiger partial charge in [-0.3, -0.25) is 4.90 Å². The molecule has 1 N–H and O–H groups in total. The van der Waals surface area contributed by atoms with Crippen LogP contribution in [-0.4, -0.2) is 35.8 Å². The third kappa shape index (κ3) is 3.60. The molecule has 0 saturated carbocycles. The van der Waals surface area contributed by atoms with Crippen molar-refractivity contribution in [3.8, 4) is 5.75 Å². The van der Waals surface area contributed by atoms with E-state index in [9.17, 15) is 5.11 Å². The summed E-state index contributed by atoms with van der Waals surface area (Å²) >= 11 is 5.90. The topological polar surface area (TPSA) is 32.7 Å². The zero-order valence-corrected chi connectivity index (χ0v) is 10.8. The molecule has 0 bridgehead atoms. The van der Waals surface area contributed by atoms with Crippen molar-refractivity contribution in [2.45, 2.75) is 26.0 Å². The molecule has 3 nitrogen and oxygen atoms in total. The number of hydrogen-bond acceptors (Lipinski definition) is 3. The maximum Gasteiger partial charge on any atom is 0.134 e. The van der Waals surface area contributed by atoms with Crippen molar-refractivity contribution in [3.05, 3.63) is 28.8 Å². The lowest BCUT2D eigenvalue weighted by molar-refractivity contribution is 0.0668. The van der Waals surface area contributed by atoms with Crippen molar-refractivity contribution in [1.82, 2.24) is 4.90 Å². The number of phenolic OH excluding ortho intramolecular Hbond substituents is 1. The van der Waals surface area contributed by atoms with Gasteiger partial charge in [0.05, 0.1) is 11.1 Å². The van der Waals surface area contributed by atoms with Gasteiger partial charge in [-0.1, -0.05) is 17.7 Å². The van der Waals surface area contributed by atoms with Gasteiger partial charge in [0.2, 0.25) is 0 Å². The highest BCUT2D eigenvalue weighted by atomic mass is 35.5. The molecule has 1 aromatic rings. The summed E-state index contributed by atoms with van der Waals surface area (Å²) in [6, 6.07) is 5.39. The summed E-state index contributed by atoms with van der Waals surface area (Å²) in [6.45, 7) is 5.78. The summed E-state index contributed by atoms with van der Waals surface area (Å²) in [5, 5.41) is 9.79. The number of nitrogens with zero attached hydrogens (tertiary/aromatic N) is 1. The molecule has 0 radical (unpaired) electrons. The molecule has 4 heteroatoms. The van der Waals surface area contributed by atoms with Crippen LogP contribution in [0.5, 0.6) is 5.75 Å². The fourth-order valence-corrected chi connectivity index (χ4v) is 2.33. The molecular weight excluding hydrogens is 238 g/mol. The van der Waals surface area contributed by atoms with Crippen molar-refractivity contribution in [1.29, 1.82) is 0 Å². The molecule has 1 fully saturated rings. The molecule has 1 atom stereocenters. The summed E-state index contributed by atoms with van der Waals surface area (Å²) in [7, 11) is 0. The van der Waals surface area contributed by atoms with Gasteiger partial charge >= 0.3 is 0 Å². The van der Waals surface area contributed by atoms with E-state index in [1.165, 1.54) is 0 Å². The maximum atomic E-state index is 9.37. The molecule has 1 aliphatic heterocycles. The second kappa shape index (κ2) is 5.71.